The van der Waals surface area contributed by atoms with Crippen LogP contribution in [0.3, 0.4) is 0 Å². The third-order valence-electron chi connectivity index (χ3n) is 4.35. The SMILES string of the molecule is CNC1CCCN(CCc2cnn(C)c2)c2ccccc21. The van der Waals surface area contributed by atoms with Crippen molar-refractivity contribution in [3.8, 4) is 0 Å². The van der Waals surface area contributed by atoms with Gasteiger partial charge < -0.3 is 10.2 Å². The van der Waals surface area contributed by atoms with Crippen molar-refractivity contribution in [2.75, 3.05) is 25.0 Å². The van der Waals surface area contributed by atoms with Gasteiger partial charge in [-0.15, -0.1) is 0 Å². The molecule has 21 heavy (non-hydrogen) atoms. The third kappa shape index (κ3) is 3.10. The van der Waals surface area contributed by atoms with E-state index in [0.717, 1.165) is 19.5 Å². The molecule has 0 amide bonds. The van der Waals surface area contributed by atoms with Crippen LogP contribution in [0.5, 0.6) is 0 Å². The molecule has 4 heteroatoms. The zero-order valence-electron chi connectivity index (χ0n) is 12.9. The van der Waals surface area contributed by atoms with Crippen molar-refractivity contribution >= 4 is 5.69 Å². The van der Waals surface area contributed by atoms with Crippen molar-refractivity contribution < 1.29 is 0 Å². The molecule has 4 nitrogen and oxygen atoms in total. The average Bonchev–Trinajstić information content (AvgIpc) is 2.83. The lowest BCUT2D eigenvalue weighted by Crippen LogP contribution is -2.26. The first-order chi connectivity index (χ1) is 10.3. The number of fused-ring (bicyclic) bond motifs is 1. The molecule has 2 aromatic rings. The van der Waals surface area contributed by atoms with E-state index in [4.69, 9.17) is 0 Å². The maximum absolute atomic E-state index is 4.26. The Labute approximate surface area is 126 Å². The number of nitrogens with one attached hydrogen (secondary N) is 1. The molecule has 3 rings (SSSR count). The summed E-state index contributed by atoms with van der Waals surface area (Å²) >= 11 is 0. The molecule has 112 valence electrons. The highest BCUT2D eigenvalue weighted by atomic mass is 15.2. The third-order valence-corrected chi connectivity index (χ3v) is 4.35. The smallest absolute Gasteiger partial charge is 0.0522 e. The predicted octanol–water partition coefficient (Wildman–Crippen LogP) is 2.52. The Bertz CT molecular complexity index is 590. The molecule has 1 aliphatic heterocycles. The van der Waals surface area contributed by atoms with E-state index in [2.05, 4.69) is 52.8 Å². The number of benzene rings is 1. The van der Waals surface area contributed by atoms with E-state index < -0.39 is 0 Å². The molecule has 1 aromatic heterocycles. The number of nitrogens with zero attached hydrogens (tertiary/aromatic N) is 3. The van der Waals surface area contributed by atoms with Crippen molar-refractivity contribution in [3.63, 3.8) is 0 Å². The van der Waals surface area contributed by atoms with E-state index in [1.807, 2.05) is 17.9 Å². The summed E-state index contributed by atoms with van der Waals surface area (Å²) in [7, 11) is 4.04. The first-order valence-electron chi connectivity index (χ1n) is 7.76. The Kier molecular flexibility index (Phi) is 4.25. The molecular formula is C17H24N4. The van der Waals surface area contributed by atoms with Crippen molar-refractivity contribution in [3.05, 3.63) is 47.8 Å². The standard InChI is InChI=1S/C17H24N4/c1-18-16-7-5-10-21(17-8-4-3-6-15(16)17)11-9-14-12-19-20(2)13-14/h3-4,6,8,12-13,16,18H,5,7,9-11H2,1-2H3. The first-order valence-corrected chi connectivity index (χ1v) is 7.76. The summed E-state index contributed by atoms with van der Waals surface area (Å²) in [6.07, 6.45) is 7.57. The van der Waals surface area contributed by atoms with Crippen molar-refractivity contribution in [1.82, 2.24) is 15.1 Å². The Balaban J connectivity index is 1.78. The lowest BCUT2D eigenvalue weighted by Gasteiger charge is -2.25. The molecule has 1 aliphatic rings. The molecule has 2 heterocycles. The summed E-state index contributed by atoms with van der Waals surface area (Å²) in [4.78, 5) is 2.53. The Morgan fingerprint density at radius 1 is 1.33 bits per heavy atom. The van der Waals surface area contributed by atoms with Gasteiger partial charge in [0.05, 0.1) is 6.20 Å². The normalized spacial score (nSPS) is 18.4. The molecule has 1 unspecified atom stereocenters. The maximum atomic E-state index is 4.26. The van der Waals surface area contributed by atoms with Crippen LogP contribution in [-0.2, 0) is 13.5 Å². The van der Waals surface area contributed by atoms with E-state index in [0.29, 0.717) is 6.04 Å². The molecule has 0 radical (unpaired) electrons. The van der Waals surface area contributed by atoms with Gasteiger partial charge >= 0.3 is 0 Å². The largest absolute Gasteiger partial charge is 0.371 e. The quantitative estimate of drug-likeness (QED) is 0.936. The fraction of sp³-hybridized carbons (Fsp3) is 0.471. The molecule has 0 fully saturated rings. The van der Waals surface area contributed by atoms with E-state index in [1.165, 1.54) is 29.7 Å². The monoisotopic (exact) mass is 284 g/mol. The Morgan fingerprint density at radius 3 is 2.95 bits per heavy atom. The molecular weight excluding hydrogens is 260 g/mol. The zero-order valence-corrected chi connectivity index (χ0v) is 12.9. The van der Waals surface area contributed by atoms with Crippen LogP contribution in [0.1, 0.15) is 30.0 Å². The number of hydrogen-bond acceptors (Lipinski definition) is 3. The number of anilines is 1. The van der Waals surface area contributed by atoms with Crippen LogP contribution in [0.2, 0.25) is 0 Å². The molecule has 0 aliphatic carbocycles. The fourth-order valence-electron chi connectivity index (χ4n) is 3.23. The van der Waals surface area contributed by atoms with Crippen LogP contribution in [0.4, 0.5) is 5.69 Å². The topological polar surface area (TPSA) is 33.1 Å². The van der Waals surface area contributed by atoms with Gasteiger partial charge in [-0.3, -0.25) is 4.68 Å². The highest BCUT2D eigenvalue weighted by Crippen LogP contribution is 2.32. The van der Waals surface area contributed by atoms with Gasteiger partial charge in [-0.05, 0) is 43.5 Å². The molecule has 1 atom stereocenters. The number of aromatic nitrogens is 2. The van der Waals surface area contributed by atoms with Gasteiger partial charge in [0.25, 0.3) is 0 Å². The summed E-state index contributed by atoms with van der Waals surface area (Å²) < 4.78 is 1.88. The number of rotatable bonds is 4. The number of para-hydroxylation sites is 1. The highest BCUT2D eigenvalue weighted by molar-refractivity contribution is 5.56. The minimum absolute atomic E-state index is 0.476. The van der Waals surface area contributed by atoms with Gasteiger partial charge in [0.15, 0.2) is 0 Å². The summed E-state index contributed by atoms with van der Waals surface area (Å²) in [6.45, 7) is 2.19. The van der Waals surface area contributed by atoms with Crippen LogP contribution in [0.15, 0.2) is 36.7 Å². The fourth-order valence-corrected chi connectivity index (χ4v) is 3.23. The van der Waals surface area contributed by atoms with E-state index in [-0.39, 0.29) is 0 Å². The Morgan fingerprint density at radius 2 is 2.19 bits per heavy atom. The number of hydrogen-bond donors (Lipinski definition) is 1. The van der Waals surface area contributed by atoms with Crippen LogP contribution in [-0.4, -0.2) is 29.9 Å². The van der Waals surface area contributed by atoms with Crippen LogP contribution < -0.4 is 10.2 Å². The van der Waals surface area contributed by atoms with E-state index in [1.54, 1.807) is 0 Å². The lowest BCUT2D eigenvalue weighted by atomic mass is 10.0. The van der Waals surface area contributed by atoms with Gasteiger partial charge in [-0.2, -0.15) is 5.10 Å². The summed E-state index contributed by atoms with van der Waals surface area (Å²) in [5.41, 5.74) is 4.13. The van der Waals surface area contributed by atoms with Gasteiger partial charge in [-0.1, -0.05) is 18.2 Å². The van der Waals surface area contributed by atoms with Gasteiger partial charge in [-0.25, -0.2) is 0 Å². The average molecular weight is 284 g/mol. The molecule has 0 bridgehead atoms. The second-order valence-corrected chi connectivity index (χ2v) is 5.80. The van der Waals surface area contributed by atoms with Gasteiger partial charge in [0, 0.05) is 38.1 Å². The van der Waals surface area contributed by atoms with Gasteiger partial charge in [0.1, 0.15) is 0 Å². The molecule has 1 N–H and O–H groups in total. The molecule has 0 spiro atoms. The van der Waals surface area contributed by atoms with Crippen molar-refractivity contribution in [2.24, 2.45) is 7.05 Å². The van der Waals surface area contributed by atoms with Crippen LogP contribution in [0.25, 0.3) is 0 Å². The number of aryl methyl sites for hydroxylation is 1. The highest BCUT2D eigenvalue weighted by Gasteiger charge is 2.21. The predicted molar refractivity (Wildman–Crippen MR) is 86.6 cm³/mol. The minimum Gasteiger partial charge on any atom is -0.371 e. The zero-order chi connectivity index (χ0) is 14.7. The second kappa shape index (κ2) is 6.31. The molecule has 0 saturated heterocycles. The minimum atomic E-state index is 0.476. The van der Waals surface area contributed by atoms with E-state index in [9.17, 15) is 0 Å². The molecule has 0 saturated carbocycles. The maximum Gasteiger partial charge on any atom is 0.0522 e. The van der Waals surface area contributed by atoms with Crippen molar-refractivity contribution in [1.29, 1.82) is 0 Å². The molecule has 1 aromatic carbocycles. The van der Waals surface area contributed by atoms with Gasteiger partial charge in [0.2, 0.25) is 0 Å². The van der Waals surface area contributed by atoms with Crippen LogP contribution >= 0.6 is 0 Å². The summed E-state index contributed by atoms with van der Waals surface area (Å²) in [5, 5.41) is 7.71. The lowest BCUT2D eigenvalue weighted by molar-refractivity contribution is 0.541. The second-order valence-electron chi connectivity index (χ2n) is 5.80. The first kappa shape index (κ1) is 14.1. The summed E-state index contributed by atoms with van der Waals surface area (Å²) in [5.74, 6) is 0. The van der Waals surface area contributed by atoms with Crippen LogP contribution in [0, 0.1) is 0 Å². The van der Waals surface area contributed by atoms with E-state index >= 15 is 0 Å². The van der Waals surface area contributed by atoms with Crippen molar-refractivity contribution in [2.45, 2.75) is 25.3 Å². The Hall–Kier alpha value is -1.81. The summed E-state index contributed by atoms with van der Waals surface area (Å²) in [6, 6.07) is 9.29.